The molecule has 2 N–H and O–H groups in total. The zero-order valence-corrected chi connectivity index (χ0v) is 10.8. The van der Waals surface area contributed by atoms with Crippen molar-refractivity contribution in [2.45, 2.75) is 38.8 Å². The summed E-state index contributed by atoms with van der Waals surface area (Å²) in [5.41, 5.74) is 1.27. The number of hydrogen-bond donors (Lipinski definition) is 2. The van der Waals surface area contributed by atoms with Crippen LogP contribution in [-0.2, 0) is 6.54 Å². The average Bonchev–Trinajstić information content (AvgIpc) is 3.11. The molecule has 1 fully saturated rings. The SMILES string of the molecule is COc1ccc(CNC(C)(C)C2CC2)cc1O. The van der Waals surface area contributed by atoms with Gasteiger partial charge in [-0.15, -0.1) is 0 Å². The summed E-state index contributed by atoms with van der Waals surface area (Å²) in [4.78, 5) is 0. The Morgan fingerprint density at radius 3 is 2.65 bits per heavy atom. The van der Waals surface area contributed by atoms with Gasteiger partial charge >= 0.3 is 0 Å². The molecule has 3 heteroatoms. The van der Waals surface area contributed by atoms with E-state index >= 15 is 0 Å². The van der Waals surface area contributed by atoms with Gasteiger partial charge in [-0.3, -0.25) is 0 Å². The maximum absolute atomic E-state index is 9.69. The minimum absolute atomic E-state index is 0.190. The molecular weight excluding hydrogens is 214 g/mol. The third-order valence-electron chi connectivity index (χ3n) is 3.59. The second-order valence-corrected chi connectivity index (χ2v) is 5.36. The first kappa shape index (κ1) is 12.2. The highest BCUT2D eigenvalue weighted by molar-refractivity contribution is 5.41. The number of phenolic OH excluding ortho intramolecular Hbond substituents is 1. The fourth-order valence-corrected chi connectivity index (χ4v) is 2.12. The smallest absolute Gasteiger partial charge is 0.160 e. The maximum atomic E-state index is 9.69. The first-order valence-corrected chi connectivity index (χ1v) is 6.14. The van der Waals surface area contributed by atoms with E-state index in [4.69, 9.17) is 4.74 Å². The van der Waals surface area contributed by atoms with Crippen LogP contribution in [0.5, 0.6) is 11.5 Å². The summed E-state index contributed by atoms with van der Waals surface area (Å²) < 4.78 is 5.02. The second-order valence-electron chi connectivity index (χ2n) is 5.36. The number of aromatic hydroxyl groups is 1. The maximum Gasteiger partial charge on any atom is 0.160 e. The van der Waals surface area contributed by atoms with Crippen molar-refractivity contribution in [3.63, 3.8) is 0 Å². The Hall–Kier alpha value is -1.22. The van der Waals surface area contributed by atoms with Crippen LogP contribution >= 0.6 is 0 Å². The highest BCUT2D eigenvalue weighted by Crippen LogP contribution is 2.39. The lowest BCUT2D eigenvalue weighted by Crippen LogP contribution is -2.40. The van der Waals surface area contributed by atoms with Crippen LogP contribution in [0.15, 0.2) is 18.2 Å². The number of benzene rings is 1. The van der Waals surface area contributed by atoms with Crippen LogP contribution in [0.1, 0.15) is 32.3 Å². The van der Waals surface area contributed by atoms with Gasteiger partial charge in [0.1, 0.15) is 0 Å². The van der Waals surface area contributed by atoms with Gasteiger partial charge in [0.15, 0.2) is 11.5 Å². The number of rotatable bonds is 5. The highest BCUT2D eigenvalue weighted by atomic mass is 16.5. The van der Waals surface area contributed by atoms with E-state index in [1.165, 1.54) is 12.8 Å². The molecule has 0 radical (unpaired) electrons. The largest absolute Gasteiger partial charge is 0.504 e. The first-order valence-electron chi connectivity index (χ1n) is 6.14. The Morgan fingerprint density at radius 2 is 2.12 bits per heavy atom. The molecular formula is C14H21NO2. The van der Waals surface area contributed by atoms with Crippen molar-refractivity contribution in [3.8, 4) is 11.5 Å². The highest BCUT2D eigenvalue weighted by Gasteiger charge is 2.37. The van der Waals surface area contributed by atoms with Crippen LogP contribution in [0.25, 0.3) is 0 Å². The van der Waals surface area contributed by atoms with Gasteiger partial charge in [-0.05, 0) is 50.3 Å². The van der Waals surface area contributed by atoms with Gasteiger partial charge in [0.05, 0.1) is 7.11 Å². The Kier molecular flexibility index (Phi) is 3.29. The third-order valence-corrected chi connectivity index (χ3v) is 3.59. The summed E-state index contributed by atoms with van der Waals surface area (Å²) in [5, 5.41) is 13.2. The van der Waals surface area contributed by atoms with Crippen molar-refractivity contribution in [1.29, 1.82) is 0 Å². The fourth-order valence-electron chi connectivity index (χ4n) is 2.12. The molecule has 0 atom stereocenters. The summed E-state index contributed by atoms with van der Waals surface area (Å²) in [6.45, 7) is 5.27. The lowest BCUT2D eigenvalue weighted by molar-refractivity contribution is 0.338. The number of hydrogen-bond acceptors (Lipinski definition) is 3. The van der Waals surface area contributed by atoms with Crippen LogP contribution in [0.3, 0.4) is 0 Å². The molecule has 0 amide bonds. The molecule has 0 aromatic heterocycles. The van der Waals surface area contributed by atoms with Crippen LogP contribution in [0.4, 0.5) is 0 Å². The fraction of sp³-hybridized carbons (Fsp3) is 0.571. The molecule has 0 spiro atoms. The van der Waals surface area contributed by atoms with E-state index in [2.05, 4.69) is 19.2 Å². The van der Waals surface area contributed by atoms with Crippen LogP contribution in [0.2, 0.25) is 0 Å². The van der Waals surface area contributed by atoms with Gasteiger partial charge in [-0.25, -0.2) is 0 Å². The van der Waals surface area contributed by atoms with E-state index in [0.29, 0.717) is 5.75 Å². The van der Waals surface area contributed by atoms with E-state index in [-0.39, 0.29) is 11.3 Å². The van der Waals surface area contributed by atoms with Crippen LogP contribution < -0.4 is 10.1 Å². The Balaban J connectivity index is 1.97. The van der Waals surface area contributed by atoms with Gasteiger partial charge in [-0.1, -0.05) is 6.07 Å². The molecule has 1 aliphatic rings. The standard InChI is InChI=1S/C14H21NO2/c1-14(2,11-5-6-11)15-9-10-4-7-13(17-3)12(16)8-10/h4,7-8,11,15-16H,5-6,9H2,1-3H3. The summed E-state index contributed by atoms with van der Waals surface area (Å²) in [6, 6.07) is 5.54. The topological polar surface area (TPSA) is 41.5 Å². The molecule has 0 saturated heterocycles. The van der Waals surface area contributed by atoms with Crippen molar-refractivity contribution in [2.24, 2.45) is 5.92 Å². The van der Waals surface area contributed by atoms with Crippen LogP contribution in [0, 0.1) is 5.92 Å². The van der Waals surface area contributed by atoms with E-state index in [9.17, 15) is 5.11 Å². The van der Waals surface area contributed by atoms with Crippen LogP contribution in [-0.4, -0.2) is 17.8 Å². The predicted octanol–water partition coefficient (Wildman–Crippen LogP) is 2.68. The van der Waals surface area contributed by atoms with Gasteiger partial charge in [0.25, 0.3) is 0 Å². The number of ether oxygens (including phenoxy) is 1. The summed E-state index contributed by atoms with van der Waals surface area (Å²) in [5.74, 6) is 1.53. The zero-order valence-electron chi connectivity index (χ0n) is 10.8. The van der Waals surface area contributed by atoms with E-state index in [1.807, 2.05) is 6.07 Å². The number of nitrogens with one attached hydrogen (secondary N) is 1. The third kappa shape index (κ3) is 2.91. The van der Waals surface area contributed by atoms with Gasteiger partial charge < -0.3 is 15.2 Å². The Labute approximate surface area is 103 Å². The average molecular weight is 235 g/mol. The zero-order chi connectivity index (χ0) is 12.5. The molecule has 2 rings (SSSR count). The van der Waals surface area contributed by atoms with Gasteiger partial charge in [-0.2, -0.15) is 0 Å². The summed E-state index contributed by atoms with van der Waals surface area (Å²) >= 11 is 0. The minimum atomic E-state index is 0.190. The van der Waals surface area contributed by atoms with Crippen molar-refractivity contribution in [1.82, 2.24) is 5.32 Å². The quantitative estimate of drug-likeness (QED) is 0.824. The minimum Gasteiger partial charge on any atom is -0.504 e. The molecule has 3 nitrogen and oxygen atoms in total. The van der Waals surface area contributed by atoms with E-state index < -0.39 is 0 Å². The van der Waals surface area contributed by atoms with Crippen molar-refractivity contribution in [2.75, 3.05) is 7.11 Å². The molecule has 0 aliphatic heterocycles. The molecule has 94 valence electrons. The molecule has 1 aliphatic carbocycles. The predicted molar refractivity (Wildman–Crippen MR) is 68.3 cm³/mol. The molecule has 0 heterocycles. The summed E-state index contributed by atoms with van der Waals surface area (Å²) in [7, 11) is 1.56. The van der Waals surface area contributed by atoms with Gasteiger partial charge in [0.2, 0.25) is 0 Å². The monoisotopic (exact) mass is 235 g/mol. The molecule has 17 heavy (non-hydrogen) atoms. The number of phenols is 1. The molecule has 1 saturated carbocycles. The van der Waals surface area contributed by atoms with Crippen molar-refractivity contribution < 1.29 is 9.84 Å². The second kappa shape index (κ2) is 4.57. The Morgan fingerprint density at radius 1 is 1.41 bits per heavy atom. The normalized spacial score (nSPS) is 15.9. The molecule has 0 unspecified atom stereocenters. The lowest BCUT2D eigenvalue weighted by Gasteiger charge is -2.26. The van der Waals surface area contributed by atoms with E-state index in [1.54, 1.807) is 19.2 Å². The lowest BCUT2D eigenvalue weighted by atomic mass is 9.98. The number of methoxy groups -OCH3 is 1. The van der Waals surface area contributed by atoms with Crippen molar-refractivity contribution in [3.05, 3.63) is 23.8 Å². The molecule has 1 aromatic rings. The summed E-state index contributed by atoms with van der Waals surface area (Å²) in [6.07, 6.45) is 2.65. The van der Waals surface area contributed by atoms with E-state index in [0.717, 1.165) is 18.0 Å². The molecule has 0 bridgehead atoms. The Bertz CT molecular complexity index is 397. The first-order chi connectivity index (χ1) is 8.03. The molecule has 1 aromatic carbocycles. The van der Waals surface area contributed by atoms with Gasteiger partial charge in [0, 0.05) is 12.1 Å². The van der Waals surface area contributed by atoms with Crippen molar-refractivity contribution >= 4 is 0 Å².